The van der Waals surface area contributed by atoms with Crippen LogP contribution in [0, 0.1) is 23.1 Å². The molecule has 1 heterocycles. The number of nitrogens with zero attached hydrogens (tertiary/aromatic N) is 1. The Hall–Kier alpha value is -2.71. The average Bonchev–Trinajstić information content (AvgIpc) is 2.98. The van der Waals surface area contributed by atoms with Crippen LogP contribution in [0.2, 0.25) is 0 Å². The zero-order chi connectivity index (χ0) is 25.9. The minimum Gasteiger partial charge on any atom is -0.326 e. The summed E-state index contributed by atoms with van der Waals surface area (Å²) < 4.78 is 58.2. The second-order valence-corrected chi connectivity index (χ2v) is 11.0. The van der Waals surface area contributed by atoms with E-state index in [0.717, 1.165) is 37.1 Å². The molecular formula is C26H30F4N2O3. The Kier molecular flexibility index (Phi) is 6.13. The monoisotopic (exact) mass is 494 g/mol. The van der Waals surface area contributed by atoms with Crippen LogP contribution in [0.25, 0.3) is 0 Å². The Balaban J connectivity index is 1.89. The summed E-state index contributed by atoms with van der Waals surface area (Å²) in [4.78, 5) is 41.4. The summed E-state index contributed by atoms with van der Waals surface area (Å²) in [5.41, 5.74) is -4.97. The third kappa shape index (κ3) is 4.06. The minimum absolute atomic E-state index is 0.0685. The van der Waals surface area contributed by atoms with Crippen molar-refractivity contribution in [1.29, 1.82) is 0 Å². The molecule has 0 saturated heterocycles. The van der Waals surface area contributed by atoms with E-state index < -0.39 is 52.2 Å². The van der Waals surface area contributed by atoms with Crippen molar-refractivity contribution in [3.8, 4) is 0 Å². The van der Waals surface area contributed by atoms with Crippen molar-refractivity contribution in [2.24, 2.45) is 17.3 Å². The summed E-state index contributed by atoms with van der Waals surface area (Å²) in [7, 11) is 0. The first-order valence-corrected chi connectivity index (χ1v) is 11.9. The van der Waals surface area contributed by atoms with E-state index in [4.69, 9.17) is 0 Å². The van der Waals surface area contributed by atoms with E-state index in [2.05, 4.69) is 0 Å². The molecule has 2 amide bonds. The van der Waals surface area contributed by atoms with Crippen LogP contribution in [-0.4, -0.2) is 40.3 Å². The molecule has 1 saturated carbocycles. The van der Waals surface area contributed by atoms with Crippen LogP contribution in [-0.2, 0) is 9.59 Å². The van der Waals surface area contributed by atoms with Gasteiger partial charge >= 0.3 is 6.18 Å². The quantitative estimate of drug-likeness (QED) is 0.590. The Bertz CT molecular complexity index is 1090. The van der Waals surface area contributed by atoms with E-state index in [1.807, 2.05) is 19.2 Å². The normalized spacial score (nSPS) is 31.0. The number of amides is 2. The second kappa shape index (κ2) is 8.45. The summed E-state index contributed by atoms with van der Waals surface area (Å²) >= 11 is 0. The first-order valence-electron chi connectivity index (χ1n) is 11.9. The molecular weight excluding hydrogens is 464 g/mol. The number of alkyl halides is 3. The smallest absolute Gasteiger partial charge is 0.326 e. The van der Waals surface area contributed by atoms with Crippen LogP contribution in [0.15, 0.2) is 35.5 Å². The van der Waals surface area contributed by atoms with Gasteiger partial charge in [0.25, 0.3) is 11.8 Å². The molecule has 9 heteroatoms. The van der Waals surface area contributed by atoms with Gasteiger partial charge in [0.1, 0.15) is 5.82 Å². The third-order valence-corrected chi connectivity index (χ3v) is 7.89. The van der Waals surface area contributed by atoms with Gasteiger partial charge in [0.15, 0.2) is 5.78 Å². The maximum atomic E-state index is 14.9. The first-order chi connectivity index (χ1) is 16.2. The molecule has 4 atom stereocenters. The number of rotatable bonds is 3. The number of carbonyl (C=O) groups excluding carboxylic acids is 3. The highest BCUT2D eigenvalue weighted by Gasteiger charge is 2.72. The number of benzene rings is 1. The van der Waals surface area contributed by atoms with Crippen LogP contribution in [0.1, 0.15) is 70.2 Å². The maximum Gasteiger partial charge on any atom is 0.425 e. The number of hydrogen-bond donors (Lipinski definition) is 1. The summed E-state index contributed by atoms with van der Waals surface area (Å²) in [6, 6.07) is 3.46. The molecule has 3 aliphatic rings. The molecule has 35 heavy (non-hydrogen) atoms. The maximum absolute atomic E-state index is 14.9. The molecule has 1 aromatic carbocycles. The van der Waals surface area contributed by atoms with E-state index in [1.165, 1.54) is 4.90 Å². The number of nitrogens with one attached hydrogen (secondary N) is 1. The van der Waals surface area contributed by atoms with Gasteiger partial charge in [-0.3, -0.25) is 14.4 Å². The summed E-state index contributed by atoms with van der Waals surface area (Å²) in [5.74, 6) is -3.88. The molecule has 0 spiro atoms. The fourth-order valence-corrected chi connectivity index (χ4v) is 5.89. The lowest BCUT2D eigenvalue weighted by Crippen LogP contribution is -2.67. The lowest BCUT2D eigenvalue weighted by molar-refractivity contribution is -0.192. The highest BCUT2D eigenvalue weighted by atomic mass is 19.4. The molecule has 0 radical (unpaired) electrons. The van der Waals surface area contributed by atoms with Gasteiger partial charge in [-0.05, 0) is 54.4 Å². The molecule has 190 valence electrons. The van der Waals surface area contributed by atoms with Gasteiger partial charge in [0.05, 0.1) is 5.57 Å². The second-order valence-electron chi connectivity index (χ2n) is 11.0. The predicted octanol–water partition coefficient (Wildman–Crippen LogP) is 5.17. The SMILES string of the molecule is C[C@@H]1[C@H](N2C(=O)[C@](NC(=O)c3ccc(F)cc3)(C(F)(F)F)C3=C2CC(C)(C)CC3=O)CCC[C@@H]1C. The Morgan fingerprint density at radius 3 is 2.29 bits per heavy atom. The predicted molar refractivity (Wildman–Crippen MR) is 121 cm³/mol. The van der Waals surface area contributed by atoms with Crippen molar-refractivity contribution in [3.63, 3.8) is 0 Å². The molecule has 1 fully saturated rings. The first kappa shape index (κ1) is 25.4. The zero-order valence-electron chi connectivity index (χ0n) is 20.3. The summed E-state index contributed by atoms with van der Waals surface area (Å²) in [5, 5.41) is 1.91. The van der Waals surface area contributed by atoms with Crippen LogP contribution >= 0.6 is 0 Å². The van der Waals surface area contributed by atoms with Gasteiger partial charge in [-0.15, -0.1) is 0 Å². The Morgan fingerprint density at radius 2 is 1.69 bits per heavy atom. The molecule has 0 aromatic heterocycles. The van der Waals surface area contributed by atoms with Gasteiger partial charge in [-0.25, -0.2) is 4.39 Å². The van der Waals surface area contributed by atoms with E-state index in [1.54, 1.807) is 13.8 Å². The van der Waals surface area contributed by atoms with Crippen molar-refractivity contribution in [1.82, 2.24) is 10.2 Å². The number of halogens is 4. The minimum atomic E-state index is -5.27. The van der Waals surface area contributed by atoms with Crippen molar-refractivity contribution >= 4 is 17.6 Å². The number of allylic oxidation sites excluding steroid dienone is 1. The van der Waals surface area contributed by atoms with Crippen LogP contribution in [0.5, 0.6) is 0 Å². The average molecular weight is 495 g/mol. The molecule has 5 nitrogen and oxygen atoms in total. The number of Topliss-reactive ketones (excluding diaryl/α,β-unsaturated/α-hetero) is 1. The number of ketones is 1. The highest BCUT2D eigenvalue weighted by Crippen LogP contribution is 2.54. The van der Waals surface area contributed by atoms with Gasteiger partial charge in [-0.1, -0.05) is 40.5 Å². The molecule has 2 aliphatic carbocycles. The van der Waals surface area contributed by atoms with Gasteiger partial charge in [0.2, 0.25) is 5.54 Å². The van der Waals surface area contributed by atoms with Gasteiger partial charge in [0, 0.05) is 23.7 Å². The molecule has 0 unspecified atom stereocenters. The third-order valence-electron chi connectivity index (χ3n) is 7.89. The standard InChI is InChI=1S/C26H30F4N2O3/c1-14-6-5-7-18(15(14)2)32-19-12-24(3,4)13-20(33)21(19)25(23(32)35,26(28,29)30)31-22(34)16-8-10-17(27)11-9-16/h8-11,14-15,18H,5-7,12-13H2,1-4H3,(H,31,34)/t14-,15-,18+,25-/m0/s1. The van der Waals surface area contributed by atoms with Crippen LogP contribution in [0.4, 0.5) is 17.6 Å². The van der Waals surface area contributed by atoms with Crippen molar-refractivity contribution in [2.45, 2.75) is 77.6 Å². The number of carbonyl (C=O) groups is 3. The van der Waals surface area contributed by atoms with E-state index >= 15 is 0 Å². The lowest BCUT2D eigenvalue weighted by Gasteiger charge is -2.43. The van der Waals surface area contributed by atoms with E-state index in [9.17, 15) is 31.9 Å². The highest BCUT2D eigenvalue weighted by molar-refractivity contribution is 6.14. The molecule has 1 aliphatic heterocycles. The lowest BCUT2D eigenvalue weighted by atomic mass is 9.72. The van der Waals surface area contributed by atoms with Crippen molar-refractivity contribution in [3.05, 3.63) is 46.9 Å². The number of hydrogen-bond acceptors (Lipinski definition) is 3. The Morgan fingerprint density at radius 1 is 1.06 bits per heavy atom. The van der Waals surface area contributed by atoms with E-state index in [0.29, 0.717) is 6.42 Å². The fraction of sp³-hybridized carbons (Fsp3) is 0.577. The van der Waals surface area contributed by atoms with Crippen molar-refractivity contribution in [2.75, 3.05) is 0 Å². The zero-order valence-corrected chi connectivity index (χ0v) is 20.3. The topological polar surface area (TPSA) is 66.5 Å². The Labute approximate surface area is 201 Å². The van der Waals surface area contributed by atoms with Gasteiger partial charge in [-0.2, -0.15) is 13.2 Å². The molecule has 1 aromatic rings. The van der Waals surface area contributed by atoms with Crippen LogP contribution in [0.3, 0.4) is 0 Å². The fourth-order valence-electron chi connectivity index (χ4n) is 5.89. The largest absolute Gasteiger partial charge is 0.425 e. The van der Waals surface area contributed by atoms with Gasteiger partial charge < -0.3 is 10.2 Å². The molecule has 4 rings (SSSR count). The van der Waals surface area contributed by atoms with E-state index in [-0.39, 0.29) is 35.9 Å². The summed E-state index contributed by atoms with van der Waals surface area (Å²) in [6.45, 7) is 7.50. The van der Waals surface area contributed by atoms with Crippen molar-refractivity contribution < 1.29 is 31.9 Å². The van der Waals surface area contributed by atoms with Crippen LogP contribution < -0.4 is 5.32 Å². The molecule has 1 N–H and O–H groups in total. The molecule has 0 bridgehead atoms. The summed E-state index contributed by atoms with van der Waals surface area (Å²) in [6.07, 6.45) is -3.16.